The molecule has 0 spiro atoms. The Labute approximate surface area is 187 Å². The van der Waals surface area contributed by atoms with Crippen LogP contribution in [0.1, 0.15) is 12.8 Å². The highest BCUT2D eigenvalue weighted by atomic mass is 35.5. The highest BCUT2D eigenvalue weighted by molar-refractivity contribution is 6.42. The summed E-state index contributed by atoms with van der Waals surface area (Å²) in [7, 11) is 0. The van der Waals surface area contributed by atoms with Crippen LogP contribution >= 0.6 is 23.2 Å². The number of pyridine rings is 1. The molecule has 31 heavy (non-hydrogen) atoms. The van der Waals surface area contributed by atoms with Gasteiger partial charge in [-0.2, -0.15) is 0 Å². The Hall–Kier alpha value is -2.97. The second-order valence-electron chi connectivity index (χ2n) is 6.96. The summed E-state index contributed by atoms with van der Waals surface area (Å²) in [5, 5.41) is 2.82. The minimum atomic E-state index is -0.692. The first-order valence-electron chi connectivity index (χ1n) is 9.56. The highest BCUT2D eigenvalue weighted by Gasteiger charge is 2.24. The van der Waals surface area contributed by atoms with Crippen molar-refractivity contribution in [1.29, 1.82) is 0 Å². The van der Waals surface area contributed by atoms with Crippen molar-refractivity contribution in [2.45, 2.75) is 18.9 Å². The van der Waals surface area contributed by atoms with Crippen molar-refractivity contribution in [2.75, 3.05) is 18.4 Å². The summed E-state index contributed by atoms with van der Waals surface area (Å²) in [6.45, 7) is 4.66. The number of benzene rings is 1. The third-order valence-electron chi connectivity index (χ3n) is 4.90. The van der Waals surface area contributed by atoms with E-state index in [1.54, 1.807) is 17.0 Å². The minimum absolute atomic E-state index is 0.105. The Kier molecular flexibility index (Phi) is 6.20. The quantitative estimate of drug-likeness (QED) is 0.435. The fraction of sp³-hybridized carbons (Fsp3) is 0.238. The molecule has 2 aromatic heterocycles. The molecule has 1 fully saturated rings. The number of fused-ring (bicyclic) bond motifs is 1. The zero-order valence-corrected chi connectivity index (χ0v) is 17.8. The molecule has 160 valence electrons. The van der Waals surface area contributed by atoms with Crippen LogP contribution in [0.5, 0.6) is 5.88 Å². The van der Waals surface area contributed by atoms with Crippen molar-refractivity contribution in [2.24, 2.45) is 0 Å². The van der Waals surface area contributed by atoms with Crippen LogP contribution < -0.4 is 10.1 Å². The Morgan fingerprint density at radius 2 is 2.13 bits per heavy atom. The first kappa shape index (κ1) is 21.3. The number of hydrogen-bond acceptors (Lipinski definition) is 6. The SMILES string of the molecule is C=CC(=O)N1CCCC(Oc2ccc3ncnc(Nc4ccc(Cl)c(Cl)c4F)c3n2)C1. The van der Waals surface area contributed by atoms with Crippen LogP contribution in [-0.2, 0) is 4.79 Å². The maximum atomic E-state index is 14.5. The topological polar surface area (TPSA) is 80.2 Å². The largest absolute Gasteiger partial charge is 0.472 e. The van der Waals surface area contributed by atoms with Crippen molar-refractivity contribution in [3.63, 3.8) is 0 Å². The molecule has 7 nitrogen and oxygen atoms in total. The monoisotopic (exact) mass is 461 g/mol. The number of piperidine rings is 1. The van der Waals surface area contributed by atoms with Gasteiger partial charge in [-0.3, -0.25) is 4.79 Å². The molecule has 1 aliphatic heterocycles. The lowest BCUT2D eigenvalue weighted by Crippen LogP contribution is -2.43. The van der Waals surface area contributed by atoms with Crippen LogP contribution in [0, 0.1) is 5.82 Å². The van der Waals surface area contributed by atoms with E-state index in [2.05, 4.69) is 26.8 Å². The third kappa shape index (κ3) is 4.55. The number of nitrogens with zero attached hydrogens (tertiary/aromatic N) is 4. The lowest BCUT2D eigenvalue weighted by Gasteiger charge is -2.31. The van der Waals surface area contributed by atoms with Crippen molar-refractivity contribution in [3.8, 4) is 5.88 Å². The molecule has 0 aliphatic carbocycles. The Morgan fingerprint density at radius 3 is 2.94 bits per heavy atom. The first-order valence-corrected chi connectivity index (χ1v) is 10.3. The van der Waals surface area contributed by atoms with Crippen LogP contribution in [0.15, 0.2) is 43.2 Å². The van der Waals surface area contributed by atoms with Gasteiger partial charge in [-0.1, -0.05) is 29.8 Å². The van der Waals surface area contributed by atoms with Gasteiger partial charge in [0.1, 0.15) is 17.9 Å². The average molecular weight is 462 g/mol. The minimum Gasteiger partial charge on any atom is -0.472 e. The summed E-state index contributed by atoms with van der Waals surface area (Å²) in [5.41, 5.74) is 1.06. The fourth-order valence-electron chi connectivity index (χ4n) is 3.36. The number of nitrogens with one attached hydrogen (secondary N) is 1. The zero-order valence-electron chi connectivity index (χ0n) is 16.3. The summed E-state index contributed by atoms with van der Waals surface area (Å²) < 4.78 is 20.5. The number of carbonyl (C=O) groups excluding carboxylic acids is 1. The van der Waals surface area contributed by atoms with E-state index < -0.39 is 5.82 Å². The normalized spacial score (nSPS) is 16.2. The van der Waals surface area contributed by atoms with E-state index in [0.717, 1.165) is 12.8 Å². The van der Waals surface area contributed by atoms with Gasteiger partial charge < -0.3 is 15.0 Å². The van der Waals surface area contributed by atoms with E-state index in [4.69, 9.17) is 27.9 Å². The van der Waals surface area contributed by atoms with E-state index in [0.29, 0.717) is 35.8 Å². The second kappa shape index (κ2) is 9.03. The second-order valence-corrected chi connectivity index (χ2v) is 7.74. The van der Waals surface area contributed by atoms with Crippen molar-refractivity contribution in [1.82, 2.24) is 19.9 Å². The lowest BCUT2D eigenvalue weighted by molar-refractivity contribution is -0.128. The van der Waals surface area contributed by atoms with Crippen LogP contribution in [0.4, 0.5) is 15.9 Å². The van der Waals surface area contributed by atoms with Gasteiger partial charge >= 0.3 is 0 Å². The molecule has 10 heteroatoms. The first-order chi connectivity index (χ1) is 15.0. The van der Waals surface area contributed by atoms with Gasteiger partial charge in [-0.15, -0.1) is 0 Å². The van der Waals surface area contributed by atoms with Gasteiger partial charge in [0, 0.05) is 12.6 Å². The number of hydrogen-bond donors (Lipinski definition) is 1. The number of amides is 1. The number of ether oxygens (including phenoxy) is 1. The van der Waals surface area contributed by atoms with Crippen molar-refractivity contribution >= 4 is 51.6 Å². The third-order valence-corrected chi connectivity index (χ3v) is 5.68. The van der Waals surface area contributed by atoms with E-state index in [1.165, 1.54) is 24.5 Å². The molecular weight excluding hydrogens is 444 g/mol. The van der Waals surface area contributed by atoms with Crippen LogP contribution in [0.25, 0.3) is 11.0 Å². The molecule has 1 N–H and O–H groups in total. The average Bonchev–Trinajstić information content (AvgIpc) is 2.79. The number of anilines is 2. The molecule has 3 heterocycles. The number of aromatic nitrogens is 3. The Morgan fingerprint density at radius 1 is 1.29 bits per heavy atom. The van der Waals surface area contributed by atoms with Gasteiger partial charge in [-0.25, -0.2) is 19.3 Å². The summed E-state index contributed by atoms with van der Waals surface area (Å²) in [6, 6.07) is 6.39. The molecule has 1 saturated heterocycles. The summed E-state index contributed by atoms with van der Waals surface area (Å²) >= 11 is 11.7. The smallest absolute Gasteiger partial charge is 0.246 e. The molecule has 1 aliphatic rings. The fourth-order valence-corrected chi connectivity index (χ4v) is 3.67. The zero-order chi connectivity index (χ0) is 22.0. The highest BCUT2D eigenvalue weighted by Crippen LogP contribution is 2.32. The van der Waals surface area contributed by atoms with E-state index in [-0.39, 0.29) is 27.7 Å². The van der Waals surface area contributed by atoms with E-state index in [9.17, 15) is 9.18 Å². The molecule has 0 bridgehead atoms. The summed E-state index contributed by atoms with van der Waals surface area (Å²) in [5.74, 6) is -0.163. The molecule has 1 aromatic carbocycles. The molecule has 1 atom stereocenters. The van der Waals surface area contributed by atoms with Crippen LogP contribution in [0.3, 0.4) is 0 Å². The number of rotatable bonds is 5. The number of halogens is 3. The predicted octanol–water partition coefficient (Wildman–Crippen LogP) is 4.77. The van der Waals surface area contributed by atoms with Gasteiger partial charge in [0.05, 0.1) is 27.8 Å². The predicted molar refractivity (Wildman–Crippen MR) is 117 cm³/mol. The molecule has 3 aromatic rings. The van der Waals surface area contributed by atoms with Crippen LogP contribution in [0.2, 0.25) is 10.0 Å². The summed E-state index contributed by atoms with van der Waals surface area (Å²) in [4.78, 5) is 26.5. The van der Waals surface area contributed by atoms with Gasteiger partial charge in [0.25, 0.3) is 0 Å². The maximum Gasteiger partial charge on any atom is 0.246 e. The number of carbonyl (C=O) groups is 1. The molecule has 4 rings (SSSR count). The Bertz CT molecular complexity index is 1160. The van der Waals surface area contributed by atoms with Crippen LogP contribution in [-0.4, -0.2) is 45.0 Å². The Balaban J connectivity index is 1.60. The molecule has 0 radical (unpaired) electrons. The van der Waals surface area contributed by atoms with Gasteiger partial charge in [0.15, 0.2) is 11.6 Å². The molecule has 0 saturated carbocycles. The maximum absolute atomic E-state index is 14.5. The lowest BCUT2D eigenvalue weighted by atomic mass is 10.1. The van der Waals surface area contributed by atoms with E-state index in [1.807, 2.05) is 0 Å². The number of likely N-dealkylation sites (tertiary alicyclic amines) is 1. The molecular formula is C21H18Cl2FN5O2. The van der Waals surface area contributed by atoms with Gasteiger partial charge in [-0.05, 0) is 37.1 Å². The standard InChI is InChI=1S/C21H18Cl2FN5O2/c1-2-17(30)29-9-3-4-12(10-29)31-16-8-7-15-20(28-16)21(26-11-25-15)27-14-6-5-13(22)18(23)19(14)24/h2,5-8,11-12H,1,3-4,9-10H2,(H,25,26,27). The van der Waals surface area contributed by atoms with Crippen molar-refractivity contribution < 1.29 is 13.9 Å². The molecule has 1 unspecified atom stereocenters. The van der Waals surface area contributed by atoms with Gasteiger partial charge in [0.2, 0.25) is 11.8 Å². The molecule has 1 amide bonds. The summed E-state index contributed by atoms with van der Waals surface area (Å²) in [6.07, 6.45) is 4.07. The van der Waals surface area contributed by atoms with Crippen molar-refractivity contribution in [3.05, 3.63) is 59.1 Å². The van der Waals surface area contributed by atoms with E-state index >= 15 is 0 Å².